The maximum atomic E-state index is 8.65. The Bertz CT molecular complexity index is 228. The second-order valence-electron chi connectivity index (χ2n) is 6.40. The summed E-state index contributed by atoms with van der Waals surface area (Å²) in [4.78, 5) is 0. The van der Waals surface area contributed by atoms with Gasteiger partial charge in [0.2, 0.25) is 0 Å². The molecule has 2 fully saturated rings. The SMILES string of the molecule is CC1CC(C)[C@@H](COP)C1.CC1C[CH-][C@@H](CO)C1.[Y]. The first-order chi connectivity index (χ1) is 8.56. The summed E-state index contributed by atoms with van der Waals surface area (Å²) in [5.41, 5.74) is 0. The van der Waals surface area contributed by atoms with Crippen LogP contribution < -0.4 is 0 Å². The van der Waals surface area contributed by atoms with Crippen molar-refractivity contribution in [2.75, 3.05) is 13.2 Å². The molecule has 2 aliphatic carbocycles. The molecule has 1 N–H and O–H groups in total. The van der Waals surface area contributed by atoms with Crippen molar-refractivity contribution in [3.05, 3.63) is 6.42 Å². The maximum Gasteiger partial charge on any atom is 0.0532 e. The normalized spacial score (nSPS) is 37.4. The van der Waals surface area contributed by atoms with Gasteiger partial charge in [0, 0.05) is 48.8 Å². The molecule has 0 amide bonds. The van der Waals surface area contributed by atoms with Crippen LogP contribution in [0, 0.1) is 36.0 Å². The summed E-state index contributed by atoms with van der Waals surface area (Å²) >= 11 is 0. The first-order valence-corrected chi connectivity index (χ1v) is 7.79. The van der Waals surface area contributed by atoms with Crippen molar-refractivity contribution in [2.24, 2.45) is 29.6 Å². The number of hydrogen-bond acceptors (Lipinski definition) is 2. The average Bonchev–Trinajstić information content (AvgIpc) is 2.87. The molecule has 0 heterocycles. The minimum absolute atomic E-state index is 0. The molecule has 111 valence electrons. The van der Waals surface area contributed by atoms with Gasteiger partial charge in [0.1, 0.15) is 0 Å². The van der Waals surface area contributed by atoms with Crippen LogP contribution in [0.15, 0.2) is 0 Å². The summed E-state index contributed by atoms with van der Waals surface area (Å²) in [6, 6.07) is 0. The molecule has 0 aliphatic heterocycles. The standard InChI is InChI=1S/C8H17OP.C7H13O.Y/c1-6-3-7(2)8(4-6)5-9-10;1-6-2-3-7(4-6)5-8;/h6-8H,3-5,10H2,1-2H3;3,6-8H,2,4-5H2,1H3;/q;-1;/t6?,7?,8-;6?,7-;/m11./s1. The molecule has 19 heavy (non-hydrogen) atoms. The molecule has 0 aromatic carbocycles. The molecule has 0 bridgehead atoms. The van der Waals surface area contributed by atoms with E-state index < -0.39 is 0 Å². The zero-order chi connectivity index (χ0) is 13.5. The third-order valence-electron chi connectivity index (χ3n) is 4.41. The van der Waals surface area contributed by atoms with Crippen LogP contribution in [-0.2, 0) is 37.2 Å². The Balaban J connectivity index is 0.000000331. The fourth-order valence-electron chi connectivity index (χ4n) is 3.31. The summed E-state index contributed by atoms with van der Waals surface area (Å²) < 4.78 is 5.06. The smallest absolute Gasteiger partial charge is 0.0532 e. The van der Waals surface area contributed by atoms with Crippen molar-refractivity contribution in [1.29, 1.82) is 0 Å². The monoisotopic (exact) mass is 362 g/mol. The number of aliphatic hydroxyl groups excluding tert-OH is 1. The van der Waals surface area contributed by atoms with Crippen LogP contribution in [0.2, 0.25) is 0 Å². The predicted octanol–water partition coefficient (Wildman–Crippen LogP) is 3.70. The minimum Gasteiger partial charge on any atom is -0.399 e. The van der Waals surface area contributed by atoms with E-state index in [0.29, 0.717) is 12.5 Å². The third kappa shape index (κ3) is 7.86. The number of rotatable bonds is 3. The molecule has 4 unspecified atom stereocenters. The van der Waals surface area contributed by atoms with Crippen molar-refractivity contribution in [1.82, 2.24) is 0 Å². The van der Waals surface area contributed by atoms with E-state index in [1.807, 2.05) is 0 Å². The second-order valence-corrected chi connectivity index (χ2v) is 6.74. The Morgan fingerprint density at radius 1 is 1.16 bits per heavy atom. The van der Waals surface area contributed by atoms with Crippen LogP contribution in [0.5, 0.6) is 0 Å². The van der Waals surface area contributed by atoms with Gasteiger partial charge in [-0.05, 0) is 30.6 Å². The Hall–Kier alpha value is 1.45. The van der Waals surface area contributed by atoms with Gasteiger partial charge in [-0.25, -0.2) is 0 Å². The molecule has 2 rings (SSSR count). The quantitative estimate of drug-likeness (QED) is 0.613. The number of hydrogen-bond donors (Lipinski definition) is 1. The molecular weight excluding hydrogens is 332 g/mol. The fourth-order valence-corrected chi connectivity index (χ4v) is 3.56. The van der Waals surface area contributed by atoms with Crippen molar-refractivity contribution < 1.29 is 42.3 Å². The predicted molar refractivity (Wildman–Crippen MR) is 80.0 cm³/mol. The summed E-state index contributed by atoms with van der Waals surface area (Å²) in [5.74, 6) is 3.92. The summed E-state index contributed by atoms with van der Waals surface area (Å²) in [6.45, 7) is 8.17. The Morgan fingerprint density at radius 3 is 2.16 bits per heavy atom. The van der Waals surface area contributed by atoms with E-state index in [4.69, 9.17) is 9.63 Å². The van der Waals surface area contributed by atoms with Gasteiger partial charge in [-0.3, -0.25) is 0 Å². The van der Waals surface area contributed by atoms with Gasteiger partial charge in [0.25, 0.3) is 0 Å². The van der Waals surface area contributed by atoms with Crippen LogP contribution >= 0.6 is 9.47 Å². The first kappa shape index (κ1) is 20.5. The van der Waals surface area contributed by atoms with Gasteiger partial charge in [-0.2, -0.15) is 6.42 Å². The van der Waals surface area contributed by atoms with E-state index in [1.54, 1.807) is 0 Å². The molecule has 2 nitrogen and oxygen atoms in total. The molecule has 2 saturated carbocycles. The van der Waals surface area contributed by atoms with E-state index in [-0.39, 0.29) is 32.7 Å². The third-order valence-corrected chi connectivity index (χ3v) is 4.60. The van der Waals surface area contributed by atoms with Crippen molar-refractivity contribution in [2.45, 2.75) is 46.5 Å². The molecule has 0 aromatic rings. The van der Waals surface area contributed by atoms with Gasteiger partial charge < -0.3 is 16.1 Å². The summed E-state index contributed by atoms with van der Waals surface area (Å²) in [5, 5.41) is 8.65. The fraction of sp³-hybridized carbons (Fsp3) is 0.933. The molecule has 4 heteroatoms. The van der Waals surface area contributed by atoms with Crippen LogP contribution in [0.3, 0.4) is 0 Å². The Labute approximate surface area is 147 Å². The van der Waals surface area contributed by atoms with E-state index in [9.17, 15) is 0 Å². The summed E-state index contributed by atoms with van der Waals surface area (Å²) in [6.07, 6.45) is 7.36. The molecule has 0 aromatic heterocycles. The second kappa shape index (κ2) is 11.1. The zero-order valence-corrected chi connectivity index (χ0v) is 16.7. The Morgan fingerprint density at radius 2 is 1.84 bits per heavy atom. The van der Waals surface area contributed by atoms with Gasteiger partial charge in [0.15, 0.2) is 0 Å². The van der Waals surface area contributed by atoms with E-state index >= 15 is 0 Å². The van der Waals surface area contributed by atoms with Gasteiger partial charge in [-0.15, -0.1) is 5.92 Å². The molecule has 6 atom stereocenters. The first-order valence-electron chi connectivity index (χ1n) is 7.32. The maximum absolute atomic E-state index is 8.65. The van der Waals surface area contributed by atoms with Crippen molar-refractivity contribution in [3.63, 3.8) is 0 Å². The average molecular weight is 362 g/mol. The minimum atomic E-state index is 0. The molecule has 2 aliphatic rings. The summed E-state index contributed by atoms with van der Waals surface area (Å²) in [7, 11) is 2.34. The van der Waals surface area contributed by atoms with E-state index in [0.717, 1.165) is 30.3 Å². The van der Waals surface area contributed by atoms with Crippen LogP contribution in [0.4, 0.5) is 0 Å². The van der Waals surface area contributed by atoms with Crippen LogP contribution in [0.1, 0.15) is 46.5 Å². The van der Waals surface area contributed by atoms with E-state index in [2.05, 4.69) is 36.7 Å². The van der Waals surface area contributed by atoms with Crippen molar-refractivity contribution >= 4 is 9.47 Å². The largest absolute Gasteiger partial charge is 0.399 e. The zero-order valence-electron chi connectivity index (χ0n) is 12.7. The van der Waals surface area contributed by atoms with Gasteiger partial charge >= 0.3 is 0 Å². The van der Waals surface area contributed by atoms with E-state index in [1.165, 1.54) is 25.7 Å². The van der Waals surface area contributed by atoms with Crippen LogP contribution in [0.25, 0.3) is 0 Å². The molecule has 0 saturated heterocycles. The Kier molecular flexibility index (Phi) is 11.9. The van der Waals surface area contributed by atoms with Crippen molar-refractivity contribution in [3.8, 4) is 0 Å². The topological polar surface area (TPSA) is 29.5 Å². The molecule has 1 radical (unpaired) electrons. The molecular formula is C15H30O2PY-. The van der Waals surface area contributed by atoms with Crippen LogP contribution in [-0.4, -0.2) is 18.3 Å². The number of aliphatic hydroxyl groups is 1. The van der Waals surface area contributed by atoms with Gasteiger partial charge in [0.05, 0.1) is 6.61 Å². The molecule has 0 spiro atoms. The van der Waals surface area contributed by atoms with Gasteiger partial charge in [-0.1, -0.05) is 33.1 Å².